The summed E-state index contributed by atoms with van der Waals surface area (Å²) in [5.74, 6) is 0.964. The highest BCUT2D eigenvalue weighted by molar-refractivity contribution is 14.1. The third kappa shape index (κ3) is 0.544. The average Bonchev–Trinajstić information content (AvgIpc) is 2.11. The molecule has 0 spiro atoms. The molecule has 2 aliphatic carbocycles. The van der Waals surface area contributed by atoms with Gasteiger partial charge >= 0.3 is 0 Å². The van der Waals surface area contributed by atoms with Crippen molar-refractivity contribution in [2.45, 2.75) is 20.3 Å². The summed E-state index contributed by atoms with van der Waals surface area (Å²) >= 11 is 2.51. The van der Waals surface area contributed by atoms with Gasteiger partial charge in [-0.2, -0.15) is 0 Å². The van der Waals surface area contributed by atoms with E-state index >= 15 is 0 Å². The smallest absolute Gasteiger partial charge is 0.00377 e. The molecule has 1 saturated carbocycles. The molecule has 0 aromatic heterocycles. The molecule has 0 aliphatic heterocycles. The van der Waals surface area contributed by atoms with E-state index in [4.69, 9.17) is 0 Å². The Morgan fingerprint density at radius 1 is 1.60 bits per heavy atom. The minimum absolute atomic E-state index is 0.578. The van der Waals surface area contributed by atoms with Crippen LogP contribution in [0, 0.1) is 16.7 Å². The highest BCUT2D eigenvalue weighted by Crippen LogP contribution is 2.74. The van der Waals surface area contributed by atoms with Crippen LogP contribution in [0.1, 0.15) is 20.3 Å². The number of allylic oxidation sites excluding steroid dienone is 2. The second kappa shape index (κ2) is 1.79. The molecule has 2 rings (SSSR count). The van der Waals surface area contributed by atoms with Crippen molar-refractivity contribution in [3.63, 3.8) is 0 Å². The predicted octanol–water partition coefficient (Wildman–Crippen LogP) is 3.02. The summed E-state index contributed by atoms with van der Waals surface area (Å²) in [6.07, 6.45) is 6.09. The van der Waals surface area contributed by atoms with E-state index in [1.54, 1.807) is 0 Å². The van der Waals surface area contributed by atoms with Crippen LogP contribution in [0.4, 0.5) is 0 Å². The quantitative estimate of drug-likeness (QED) is 0.380. The third-order valence-corrected chi connectivity index (χ3v) is 4.68. The first-order chi connectivity index (χ1) is 4.65. The van der Waals surface area contributed by atoms with Crippen molar-refractivity contribution >= 4 is 22.6 Å². The molecule has 0 aromatic carbocycles. The monoisotopic (exact) mass is 248 g/mol. The lowest BCUT2D eigenvalue weighted by Gasteiger charge is -2.04. The molecule has 2 unspecified atom stereocenters. The fourth-order valence-electron chi connectivity index (χ4n) is 2.57. The number of hydrogen-bond acceptors (Lipinski definition) is 0. The van der Waals surface area contributed by atoms with E-state index in [0.717, 1.165) is 5.92 Å². The van der Waals surface area contributed by atoms with Gasteiger partial charge in [0.25, 0.3) is 0 Å². The van der Waals surface area contributed by atoms with Crippen LogP contribution in [0.25, 0.3) is 0 Å². The Bertz CT molecular complexity index is 197. The Hall–Kier alpha value is 0.470. The number of halogens is 1. The lowest BCUT2D eigenvalue weighted by atomic mass is 10.0. The molecule has 1 heteroatoms. The summed E-state index contributed by atoms with van der Waals surface area (Å²) < 4.78 is 1.33. The molecular formula is C9H13I. The molecule has 2 aliphatic rings. The Morgan fingerprint density at radius 3 is 2.60 bits per heavy atom. The van der Waals surface area contributed by atoms with E-state index in [0.29, 0.717) is 10.8 Å². The van der Waals surface area contributed by atoms with E-state index in [1.807, 2.05) is 0 Å². The maximum absolute atomic E-state index is 2.51. The fourth-order valence-corrected chi connectivity index (χ4v) is 4.45. The van der Waals surface area contributed by atoms with Crippen LogP contribution in [0.15, 0.2) is 12.2 Å². The first-order valence-electron chi connectivity index (χ1n) is 3.89. The third-order valence-electron chi connectivity index (χ3n) is 3.80. The molecule has 1 fully saturated rings. The summed E-state index contributed by atoms with van der Waals surface area (Å²) in [6, 6.07) is 0. The molecule has 0 aromatic rings. The van der Waals surface area contributed by atoms with E-state index < -0.39 is 0 Å². The van der Waals surface area contributed by atoms with E-state index in [2.05, 4.69) is 48.6 Å². The summed E-state index contributed by atoms with van der Waals surface area (Å²) in [7, 11) is 0. The van der Waals surface area contributed by atoms with Gasteiger partial charge in [0.05, 0.1) is 0 Å². The van der Waals surface area contributed by atoms with Gasteiger partial charge in [0.15, 0.2) is 0 Å². The Balaban J connectivity index is 2.28. The van der Waals surface area contributed by atoms with Gasteiger partial charge in [0.2, 0.25) is 0 Å². The van der Waals surface area contributed by atoms with Gasteiger partial charge in [-0.3, -0.25) is 0 Å². The number of fused-ring (bicyclic) bond motifs is 1. The average molecular weight is 248 g/mol. The van der Waals surface area contributed by atoms with E-state index in [9.17, 15) is 0 Å². The predicted molar refractivity (Wildman–Crippen MR) is 52.3 cm³/mol. The summed E-state index contributed by atoms with van der Waals surface area (Å²) in [5, 5.41) is 0. The highest BCUT2D eigenvalue weighted by Gasteiger charge is 2.69. The maximum Gasteiger partial charge on any atom is 0.00377 e. The molecule has 10 heavy (non-hydrogen) atoms. The first kappa shape index (κ1) is 7.14. The Kier molecular flexibility index (Phi) is 1.28. The van der Waals surface area contributed by atoms with Crippen LogP contribution < -0.4 is 0 Å². The van der Waals surface area contributed by atoms with Crippen molar-refractivity contribution in [1.29, 1.82) is 0 Å². The van der Waals surface area contributed by atoms with Crippen molar-refractivity contribution in [3.8, 4) is 0 Å². The lowest BCUT2D eigenvalue weighted by molar-refractivity contribution is 0.486. The second-order valence-electron chi connectivity index (χ2n) is 4.01. The molecule has 3 atom stereocenters. The maximum atomic E-state index is 2.51. The molecular weight excluding hydrogens is 235 g/mol. The van der Waals surface area contributed by atoms with Crippen LogP contribution in [0.3, 0.4) is 0 Å². The zero-order valence-corrected chi connectivity index (χ0v) is 8.68. The molecule has 0 saturated heterocycles. The molecule has 0 heterocycles. The standard InChI is InChI=1S/C9H13I/c1-8-4-3-5-9(8,2)7(8)6-10/h3-4,7H,5-6H2,1-2H3/t7-,8?,9?/m1/s1. The number of rotatable bonds is 1. The minimum Gasteiger partial charge on any atom is -0.0874 e. The molecule has 0 N–H and O–H groups in total. The summed E-state index contributed by atoms with van der Waals surface area (Å²) in [6.45, 7) is 4.83. The zero-order valence-electron chi connectivity index (χ0n) is 6.52. The number of alkyl halides is 1. The van der Waals surface area contributed by atoms with Gasteiger partial charge in [-0.1, -0.05) is 48.6 Å². The molecule has 0 nitrogen and oxygen atoms in total. The largest absolute Gasteiger partial charge is 0.0874 e. The van der Waals surface area contributed by atoms with Crippen LogP contribution in [0.2, 0.25) is 0 Å². The molecule has 0 bridgehead atoms. The second-order valence-corrected chi connectivity index (χ2v) is 4.89. The first-order valence-corrected chi connectivity index (χ1v) is 5.41. The molecule has 56 valence electrons. The summed E-state index contributed by atoms with van der Waals surface area (Å²) in [4.78, 5) is 0. The van der Waals surface area contributed by atoms with Gasteiger partial charge in [0, 0.05) is 4.43 Å². The van der Waals surface area contributed by atoms with Crippen LogP contribution >= 0.6 is 22.6 Å². The van der Waals surface area contributed by atoms with Crippen LogP contribution in [-0.4, -0.2) is 4.43 Å². The SMILES string of the molecule is CC12C=CCC1(C)[C@@H]2CI. The highest BCUT2D eigenvalue weighted by atomic mass is 127. The number of hydrogen-bond donors (Lipinski definition) is 0. The van der Waals surface area contributed by atoms with Crippen LogP contribution in [-0.2, 0) is 0 Å². The van der Waals surface area contributed by atoms with Crippen LogP contribution in [0.5, 0.6) is 0 Å². The van der Waals surface area contributed by atoms with Crippen molar-refractivity contribution in [1.82, 2.24) is 0 Å². The molecule has 0 amide bonds. The van der Waals surface area contributed by atoms with Gasteiger partial charge in [-0.25, -0.2) is 0 Å². The topological polar surface area (TPSA) is 0 Å². The van der Waals surface area contributed by atoms with Crippen molar-refractivity contribution in [3.05, 3.63) is 12.2 Å². The zero-order chi connectivity index (χ0) is 7.41. The van der Waals surface area contributed by atoms with E-state index in [-0.39, 0.29) is 0 Å². The lowest BCUT2D eigenvalue weighted by Crippen LogP contribution is -1.96. The summed E-state index contributed by atoms with van der Waals surface area (Å²) in [5.41, 5.74) is 1.22. The fraction of sp³-hybridized carbons (Fsp3) is 0.778. The van der Waals surface area contributed by atoms with E-state index in [1.165, 1.54) is 10.8 Å². The Labute approximate surface area is 76.2 Å². The normalized spacial score (nSPS) is 56.9. The molecule has 0 radical (unpaired) electrons. The van der Waals surface area contributed by atoms with Gasteiger partial charge in [-0.05, 0) is 23.2 Å². The minimum atomic E-state index is 0.578. The van der Waals surface area contributed by atoms with Gasteiger partial charge in [0.1, 0.15) is 0 Å². The van der Waals surface area contributed by atoms with Crippen molar-refractivity contribution in [2.75, 3.05) is 4.43 Å². The van der Waals surface area contributed by atoms with Gasteiger partial charge < -0.3 is 0 Å². The Morgan fingerprint density at radius 2 is 2.30 bits per heavy atom. The van der Waals surface area contributed by atoms with Gasteiger partial charge in [-0.15, -0.1) is 0 Å². The van der Waals surface area contributed by atoms with Crippen molar-refractivity contribution < 1.29 is 0 Å². The van der Waals surface area contributed by atoms with Crippen molar-refractivity contribution in [2.24, 2.45) is 16.7 Å².